The number of hydrogen-bond acceptors (Lipinski definition) is 4. The molecule has 1 aliphatic rings. The van der Waals surface area contributed by atoms with Crippen molar-refractivity contribution in [2.75, 3.05) is 18.8 Å². The van der Waals surface area contributed by atoms with Gasteiger partial charge in [0.2, 0.25) is 0 Å². The van der Waals surface area contributed by atoms with Crippen LogP contribution in [0.5, 0.6) is 0 Å². The van der Waals surface area contributed by atoms with Crippen LogP contribution in [-0.2, 0) is 0 Å². The summed E-state index contributed by atoms with van der Waals surface area (Å²) in [7, 11) is 0. The van der Waals surface area contributed by atoms with Gasteiger partial charge in [0.25, 0.3) is 5.91 Å². The first-order chi connectivity index (χ1) is 7.77. The molecule has 5 nitrogen and oxygen atoms in total. The lowest BCUT2D eigenvalue weighted by molar-refractivity contribution is 0.0746. The molecule has 2 heterocycles. The topological polar surface area (TPSA) is 71.2 Å². The van der Waals surface area contributed by atoms with Crippen LogP contribution in [0.4, 0.5) is 5.69 Å². The highest BCUT2D eigenvalue weighted by atomic mass is 16.2. The monoisotopic (exact) mass is 220 g/mol. The molecule has 1 aliphatic heterocycles. The molecule has 16 heavy (non-hydrogen) atoms. The van der Waals surface area contributed by atoms with E-state index in [-0.39, 0.29) is 5.91 Å². The van der Waals surface area contributed by atoms with E-state index in [1.54, 1.807) is 18.3 Å². The quantitative estimate of drug-likeness (QED) is 0.773. The van der Waals surface area contributed by atoms with Gasteiger partial charge in [-0.2, -0.15) is 0 Å². The number of nitrogens with zero attached hydrogens (tertiary/aromatic N) is 2. The SMILES string of the molecule is Nc1cccnc1C(=O)NN1CCCCC1. The molecule has 1 aromatic heterocycles. The number of carbonyl (C=O) groups is 1. The fourth-order valence-electron chi connectivity index (χ4n) is 1.81. The van der Waals surface area contributed by atoms with Crippen LogP contribution in [0.2, 0.25) is 0 Å². The number of pyridine rings is 1. The number of nitrogen functional groups attached to an aromatic ring is 1. The molecule has 0 aliphatic carbocycles. The molecule has 86 valence electrons. The van der Waals surface area contributed by atoms with E-state index in [2.05, 4.69) is 10.4 Å². The van der Waals surface area contributed by atoms with Crippen molar-refractivity contribution in [1.29, 1.82) is 0 Å². The summed E-state index contributed by atoms with van der Waals surface area (Å²) in [6, 6.07) is 3.39. The summed E-state index contributed by atoms with van der Waals surface area (Å²) in [6.45, 7) is 1.80. The summed E-state index contributed by atoms with van der Waals surface area (Å²) in [4.78, 5) is 15.8. The lowest BCUT2D eigenvalue weighted by Gasteiger charge is -2.26. The summed E-state index contributed by atoms with van der Waals surface area (Å²) >= 11 is 0. The Morgan fingerprint density at radius 1 is 1.38 bits per heavy atom. The van der Waals surface area contributed by atoms with Crippen molar-refractivity contribution in [3.63, 3.8) is 0 Å². The molecule has 0 spiro atoms. The minimum atomic E-state index is -0.222. The zero-order valence-electron chi connectivity index (χ0n) is 9.15. The van der Waals surface area contributed by atoms with Crippen LogP contribution >= 0.6 is 0 Å². The number of rotatable bonds is 2. The van der Waals surface area contributed by atoms with E-state index in [9.17, 15) is 4.79 Å². The second kappa shape index (κ2) is 4.94. The summed E-state index contributed by atoms with van der Waals surface area (Å²) in [5, 5.41) is 1.93. The molecule has 1 saturated heterocycles. The van der Waals surface area contributed by atoms with Crippen molar-refractivity contribution in [3.05, 3.63) is 24.0 Å². The Morgan fingerprint density at radius 2 is 2.12 bits per heavy atom. The van der Waals surface area contributed by atoms with Gasteiger partial charge in [-0.05, 0) is 25.0 Å². The van der Waals surface area contributed by atoms with Crippen molar-refractivity contribution < 1.29 is 4.79 Å². The average Bonchev–Trinajstić information content (AvgIpc) is 2.31. The van der Waals surface area contributed by atoms with E-state index < -0.39 is 0 Å². The predicted molar refractivity (Wildman–Crippen MR) is 61.5 cm³/mol. The van der Waals surface area contributed by atoms with E-state index in [0.717, 1.165) is 25.9 Å². The van der Waals surface area contributed by atoms with Gasteiger partial charge in [-0.25, -0.2) is 9.99 Å². The van der Waals surface area contributed by atoms with Crippen molar-refractivity contribution in [1.82, 2.24) is 15.4 Å². The molecule has 2 rings (SSSR count). The fraction of sp³-hybridized carbons (Fsp3) is 0.455. The number of hydrogen-bond donors (Lipinski definition) is 2. The van der Waals surface area contributed by atoms with Crippen LogP contribution in [0, 0.1) is 0 Å². The number of hydrazine groups is 1. The lowest BCUT2D eigenvalue weighted by Crippen LogP contribution is -2.45. The van der Waals surface area contributed by atoms with Crippen LogP contribution in [0.25, 0.3) is 0 Å². The molecular weight excluding hydrogens is 204 g/mol. The Morgan fingerprint density at radius 3 is 2.81 bits per heavy atom. The van der Waals surface area contributed by atoms with Gasteiger partial charge in [0.15, 0.2) is 5.69 Å². The summed E-state index contributed by atoms with van der Waals surface area (Å²) in [6.07, 6.45) is 5.05. The van der Waals surface area contributed by atoms with Crippen molar-refractivity contribution in [2.45, 2.75) is 19.3 Å². The number of nitrogens with one attached hydrogen (secondary N) is 1. The summed E-state index contributed by atoms with van der Waals surface area (Å²) in [5.41, 5.74) is 9.23. The Balaban J connectivity index is 2.00. The lowest BCUT2D eigenvalue weighted by atomic mass is 10.2. The van der Waals surface area contributed by atoms with Gasteiger partial charge in [-0.3, -0.25) is 10.2 Å². The second-order valence-electron chi connectivity index (χ2n) is 3.93. The van der Waals surface area contributed by atoms with E-state index in [1.807, 2.05) is 5.01 Å². The van der Waals surface area contributed by atoms with E-state index in [1.165, 1.54) is 6.42 Å². The van der Waals surface area contributed by atoms with Crippen LogP contribution < -0.4 is 11.2 Å². The molecule has 0 atom stereocenters. The van der Waals surface area contributed by atoms with Crippen LogP contribution in [0.1, 0.15) is 29.8 Å². The number of carbonyl (C=O) groups excluding carboxylic acids is 1. The highest BCUT2D eigenvalue weighted by Crippen LogP contribution is 2.09. The first-order valence-electron chi connectivity index (χ1n) is 5.54. The molecular formula is C11H16N4O. The maximum absolute atomic E-state index is 11.8. The van der Waals surface area contributed by atoms with Crippen LogP contribution in [0.15, 0.2) is 18.3 Å². The molecule has 3 N–H and O–H groups in total. The third kappa shape index (κ3) is 2.49. The molecule has 1 fully saturated rings. The summed E-state index contributed by atoms with van der Waals surface area (Å²) < 4.78 is 0. The Labute approximate surface area is 94.6 Å². The van der Waals surface area contributed by atoms with Gasteiger partial charge in [-0.15, -0.1) is 0 Å². The molecule has 0 saturated carbocycles. The number of piperidine rings is 1. The van der Waals surface area contributed by atoms with Gasteiger partial charge >= 0.3 is 0 Å². The zero-order valence-corrected chi connectivity index (χ0v) is 9.15. The van der Waals surface area contributed by atoms with Crippen molar-refractivity contribution in [3.8, 4) is 0 Å². The summed E-state index contributed by atoms with van der Waals surface area (Å²) in [5.74, 6) is -0.222. The van der Waals surface area contributed by atoms with Gasteiger partial charge in [0.05, 0.1) is 5.69 Å². The molecule has 0 aromatic carbocycles. The van der Waals surface area contributed by atoms with Gasteiger partial charge in [0, 0.05) is 19.3 Å². The first-order valence-corrected chi connectivity index (χ1v) is 5.54. The third-order valence-electron chi connectivity index (χ3n) is 2.67. The fourth-order valence-corrected chi connectivity index (χ4v) is 1.81. The molecule has 0 unspecified atom stereocenters. The third-order valence-corrected chi connectivity index (χ3v) is 2.67. The maximum Gasteiger partial charge on any atom is 0.286 e. The average molecular weight is 220 g/mol. The number of nitrogens with two attached hydrogens (primary N) is 1. The number of aromatic nitrogens is 1. The minimum Gasteiger partial charge on any atom is -0.397 e. The number of amides is 1. The molecule has 0 bridgehead atoms. The Hall–Kier alpha value is -1.62. The normalized spacial score (nSPS) is 17.0. The van der Waals surface area contributed by atoms with Crippen LogP contribution in [0.3, 0.4) is 0 Å². The van der Waals surface area contributed by atoms with Gasteiger partial charge in [-0.1, -0.05) is 6.42 Å². The van der Waals surface area contributed by atoms with Crippen molar-refractivity contribution in [2.24, 2.45) is 0 Å². The standard InChI is InChI=1S/C11H16N4O/c12-9-5-4-6-13-10(9)11(16)14-15-7-2-1-3-8-15/h4-6H,1-3,7-8,12H2,(H,14,16). The van der Waals surface area contributed by atoms with E-state index in [4.69, 9.17) is 5.73 Å². The van der Waals surface area contributed by atoms with Gasteiger partial charge < -0.3 is 5.73 Å². The molecule has 1 amide bonds. The van der Waals surface area contributed by atoms with Gasteiger partial charge in [0.1, 0.15) is 0 Å². The van der Waals surface area contributed by atoms with Crippen molar-refractivity contribution >= 4 is 11.6 Å². The largest absolute Gasteiger partial charge is 0.397 e. The Bertz CT molecular complexity index is 374. The van der Waals surface area contributed by atoms with E-state index in [0.29, 0.717) is 11.4 Å². The highest BCUT2D eigenvalue weighted by Gasteiger charge is 2.16. The highest BCUT2D eigenvalue weighted by molar-refractivity contribution is 5.96. The number of anilines is 1. The predicted octanol–water partition coefficient (Wildman–Crippen LogP) is 0.794. The van der Waals surface area contributed by atoms with Crippen LogP contribution in [-0.4, -0.2) is 29.0 Å². The zero-order chi connectivity index (χ0) is 11.4. The molecule has 5 heteroatoms. The minimum absolute atomic E-state index is 0.222. The first kappa shape index (κ1) is 10.9. The van der Waals surface area contributed by atoms with E-state index >= 15 is 0 Å². The smallest absolute Gasteiger partial charge is 0.286 e. The second-order valence-corrected chi connectivity index (χ2v) is 3.93. The Kier molecular flexibility index (Phi) is 3.36. The molecule has 1 aromatic rings. The molecule has 0 radical (unpaired) electrons. The maximum atomic E-state index is 11.8.